The highest BCUT2D eigenvalue weighted by Crippen LogP contribution is 2.17. The Hall–Kier alpha value is -0.970. The summed E-state index contributed by atoms with van der Waals surface area (Å²) in [5, 5.41) is 9.34. The number of aliphatic hydroxyl groups excluding tert-OH is 1. The standard InChI is InChI=1S/C13H20N2OS/c1-10(16)8-15(2)9-12(13(14)17)11-6-4-3-5-7-11/h3-7,10,12,16H,8-9H2,1-2H3,(H2,14,17). The molecule has 17 heavy (non-hydrogen) atoms. The number of likely N-dealkylation sites (N-methyl/N-ethyl adjacent to an activating group) is 1. The Morgan fingerprint density at radius 3 is 2.41 bits per heavy atom. The van der Waals surface area contributed by atoms with Crippen molar-refractivity contribution in [3.8, 4) is 0 Å². The summed E-state index contributed by atoms with van der Waals surface area (Å²) in [6, 6.07) is 9.99. The lowest BCUT2D eigenvalue weighted by molar-refractivity contribution is 0.141. The summed E-state index contributed by atoms with van der Waals surface area (Å²) in [7, 11) is 1.96. The fourth-order valence-corrected chi connectivity index (χ4v) is 2.09. The van der Waals surface area contributed by atoms with Crippen LogP contribution in [-0.2, 0) is 0 Å². The summed E-state index contributed by atoms with van der Waals surface area (Å²) < 4.78 is 0. The second kappa shape index (κ2) is 6.69. The quantitative estimate of drug-likeness (QED) is 0.751. The third kappa shape index (κ3) is 4.81. The molecule has 0 aliphatic heterocycles. The van der Waals surface area contributed by atoms with Crippen LogP contribution in [0.25, 0.3) is 0 Å². The van der Waals surface area contributed by atoms with E-state index in [1.807, 2.05) is 42.3 Å². The highest BCUT2D eigenvalue weighted by molar-refractivity contribution is 7.80. The van der Waals surface area contributed by atoms with Crippen LogP contribution in [0.4, 0.5) is 0 Å². The summed E-state index contributed by atoms with van der Waals surface area (Å²) in [5.74, 6) is 0.0370. The molecule has 2 atom stereocenters. The molecule has 0 aliphatic carbocycles. The third-order valence-corrected chi connectivity index (χ3v) is 2.90. The smallest absolute Gasteiger partial charge is 0.0816 e. The van der Waals surface area contributed by atoms with Gasteiger partial charge in [0.2, 0.25) is 0 Å². The number of nitrogens with zero attached hydrogens (tertiary/aromatic N) is 1. The van der Waals surface area contributed by atoms with Crippen LogP contribution in [0.3, 0.4) is 0 Å². The van der Waals surface area contributed by atoms with Gasteiger partial charge in [-0.2, -0.15) is 0 Å². The van der Waals surface area contributed by atoms with E-state index in [0.29, 0.717) is 11.5 Å². The lowest BCUT2D eigenvalue weighted by Crippen LogP contribution is -2.35. The average Bonchev–Trinajstić information content (AvgIpc) is 2.25. The molecule has 0 fully saturated rings. The van der Waals surface area contributed by atoms with Gasteiger partial charge in [-0.15, -0.1) is 0 Å². The van der Waals surface area contributed by atoms with Gasteiger partial charge in [-0.05, 0) is 19.5 Å². The van der Waals surface area contributed by atoms with E-state index < -0.39 is 0 Å². The Labute approximate surface area is 108 Å². The van der Waals surface area contributed by atoms with Gasteiger partial charge < -0.3 is 15.7 Å². The summed E-state index contributed by atoms with van der Waals surface area (Å²) in [4.78, 5) is 2.54. The monoisotopic (exact) mass is 252 g/mol. The predicted octanol–water partition coefficient (Wildman–Crippen LogP) is 1.37. The van der Waals surface area contributed by atoms with Gasteiger partial charge in [0.05, 0.1) is 11.1 Å². The normalized spacial score (nSPS) is 14.6. The number of hydrogen-bond acceptors (Lipinski definition) is 3. The van der Waals surface area contributed by atoms with E-state index in [2.05, 4.69) is 0 Å². The molecule has 0 bridgehead atoms. The van der Waals surface area contributed by atoms with E-state index in [-0.39, 0.29) is 12.0 Å². The minimum Gasteiger partial charge on any atom is -0.393 e. The van der Waals surface area contributed by atoms with E-state index in [1.54, 1.807) is 6.92 Å². The molecule has 0 aliphatic rings. The molecule has 4 heteroatoms. The van der Waals surface area contributed by atoms with Crippen LogP contribution in [0, 0.1) is 0 Å². The molecule has 94 valence electrons. The van der Waals surface area contributed by atoms with Crippen molar-refractivity contribution < 1.29 is 5.11 Å². The molecule has 0 amide bonds. The Kier molecular flexibility index (Phi) is 5.55. The minimum atomic E-state index is -0.345. The van der Waals surface area contributed by atoms with Crippen LogP contribution in [0.1, 0.15) is 18.4 Å². The van der Waals surface area contributed by atoms with E-state index in [4.69, 9.17) is 18.0 Å². The van der Waals surface area contributed by atoms with E-state index >= 15 is 0 Å². The van der Waals surface area contributed by atoms with Crippen LogP contribution in [0.2, 0.25) is 0 Å². The van der Waals surface area contributed by atoms with Crippen molar-refractivity contribution in [1.82, 2.24) is 4.90 Å². The van der Waals surface area contributed by atoms with Gasteiger partial charge in [0.25, 0.3) is 0 Å². The van der Waals surface area contributed by atoms with Gasteiger partial charge in [-0.1, -0.05) is 42.5 Å². The largest absolute Gasteiger partial charge is 0.393 e. The summed E-state index contributed by atoms with van der Waals surface area (Å²) in [6.45, 7) is 3.12. The van der Waals surface area contributed by atoms with Gasteiger partial charge >= 0.3 is 0 Å². The minimum absolute atomic E-state index is 0.0370. The maximum Gasteiger partial charge on any atom is 0.0816 e. The SMILES string of the molecule is CC(O)CN(C)CC(C(N)=S)c1ccccc1. The first-order valence-corrected chi connectivity index (χ1v) is 6.12. The zero-order valence-corrected chi connectivity index (χ0v) is 11.2. The van der Waals surface area contributed by atoms with Crippen molar-refractivity contribution in [2.75, 3.05) is 20.1 Å². The van der Waals surface area contributed by atoms with Crippen molar-refractivity contribution in [2.24, 2.45) is 5.73 Å². The zero-order valence-electron chi connectivity index (χ0n) is 10.3. The molecule has 3 N–H and O–H groups in total. The first kappa shape index (κ1) is 14.1. The lowest BCUT2D eigenvalue weighted by Gasteiger charge is -2.24. The third-order valence-electron chi connectivity index (χ3n) is 2.62. The number of rotatable bonds is 6. The first-order chi connectivity index (χ1) is 8.00. The van der Waals surface area contributed by atoms with Gasteiger partial charge in [0, 0.05) is 19.0 Å². The number of hydrogen-bond donors (Lipinski definition) is 2. The number of benzene rings is 1. The molecular formula is C13H20N2OS. The van der Waals surface area contributed by atoms with Crippen molar-refractivity contribution in [1.29, 1.82) is 0 Å². The van der Waals surface area contributed by atoms with Crippen molar-refractivity contribution in [3.63, 3.8) is 0 Å². The molecule has 0 saturated carbocycles. The second-order valence-corrected chi connectivity index (χ2v) is 4.91. The first-order valence-electron chi connectivity index (χ1n) is 5.71. The van der Waals surface area contributed by atoms with E-state index in [0.717, 1.165) is 12.1 Å². The Balaban J connectivity index is 2.71. The molecule has 2 unspecified atom stereocenters. The Morgan fingerprint density at radius 1 is 1.35 bits per heavy atom. The topological polar surface area (TPSA) is 49.5 Å². The summed E-state index contributed by atoms with van der Waals surface area (Å²) in [6.07, 6.45) is -0.345. The lowest BCUT2D eigenvalue weighted by atomic mass is 9.98. The summed E-state index contributed by atoms with van der Waals surface area (Å²) >= 11 is 5.12. The Morgan fingerprint density at radius 2 is 1.94 bits per heavy atom. The molecule has 1 rings (SSSR count). The molecule has 0 spiro atoms. The predicted molar refractivity (Wildman–Crippen MR) is 75.1 cm³/mol. The summed E-state index contributed by atoms with van der Waals surface area (Å²) in [5.41, 5.74) is 6.91. The maximum atomic E-state index is 9.34. The molecule has 0 radical (unpaired) electrons. The van der Waals surface area contributed by atoms with Crippen LogP contribution >= 0.6 is 12.2 Å². The average molecular weight is 252 g/mol. The van der Waals surface area contributed by atoms with Gasteiger partial charge in [0.15, 0.2) is 0 Å². The zero-order chi connectivity index (χ0) is 12.8. The number of nitrogens with two attached hydrogens (primary N) is 1. The van der Waals surface area contributed by atoms with Gasteiger partial charge in [-0.25, -0.2) is 0 Å². The van der Waals surface area contributed by atoms with Crippen LogP contribution in [0.5, 0.6) is 0 Å². The Bertz CT molecular complexity index is 354. The van der Waals surface area contributed by atoms with Gasteiger partial charge in [0.1, 0.15) is 0 Å². The van der Waals surface area contributed by atoms with E-state index in [1.165, 1.54) is 0 Å². The highest BCUT2D eigenvalue weighted by atomic mass is 32.1. The molecule has 0 aromatic heterocycles. The molecule has 1 aromatic rings. The molecular weight excluding hydrogens is 232 g/mol. The second-order valence-electron chi connectivity index (χ2n) is 4.44. The van der Waals surface area contributed by atoms with Crippen LogP contribution < -0.4 is 5.73 Å². The van der Waals surface area contributed by atoms with E-state index in [9.17, 15) is 5.11 Å². The van der Waals surface area contributed by atoms with Crippen LogP contribution in [0.15, 0.2) is 30.3 Å². The maximum absolute atomic E-state index is 9.34. The fourth-order valence-electron chi connectivity index (χ4n) is 1.88. The van der Waals surface area contributed by atoms with Crippen molar-refractivity contribution in [2.45, 2.75) is 18.9 Å². The number of thiocarbonyl (C=S) groups is 1. The fraction of sp³-hybridized carbons (Fsp3) is 0.462. The highest BCUT2D eigenvalue weighted by Gasteiger charge is 2.17. The van der Waals surface area contributed by atoms with Crippen molar-refractivity contribution in [3.05, 3.63) is 35.9 Å². The van der Waals surface area contributed by atoms with Crippen LogP contribution in [-0.4, -0.2) is 41.2 Å². The molecule has 0 heterocycles. The van der Waals surface area contributed by atoms with Crippen molar-refractivity contribution >= 4 is 17.2 Å². The molecule has 1 aromatic carbocycles. The van der Waals surface area contributed by atoms with Gasteiger partial charge in [-0.3, -0.25) is 0 Å². The number of aliphatic hydroxyl groups is 1. The molecule has 3 nitrogen and oxygen atoms in total. The molecule has 0 saturated heterocycles.